The van der Waals surface area contributed by atoms with E-state index in [4.69, 9.17) is 9.40 Å². The second-order valence-electron chi connectivity index (χ2n) is 7.03. The van der Waals surface area contributed by atoms with Crippen LogP contribution in [-0.4, -0.2) is 41.6 Å². The topological polar surface area (TPSA) is 97.4 Å². The first kappa shape index (κ1) is 18.7. The number of nitrogens with zero attached hydrogens (tertiary/aromatic N) is 3. The Bertz CT molecular complexity index is 1130. The van der Waals surface area contributed by atoms with E-state index in [1.54, 1.807) is 17.0 Å². The number of nitrogens with one attached hydrogen (secondary N) is 1. The highest BCUT2D eigenvalue weighted by Gasteiger charge is 2.35. The third-order valence-electron chi connectivity index (χ3n) is 5.01. The summed E-state index contributed by atoms with van der Waals surface area (Å²) in [6.07, 6.45) is 2.81. The number of likely N-dealkylation sites (tertiary alicyclic amines) is 1. The number of furan rings is 1. The molecule has 1 atom stereocenters. The van der Waals surface area contributed by atoms with E-state index in [0.29, 0.717) is 12.3 Å². The van der Waals surface area contributed by atoms with E-state index < -0.39 is 10.0 Å². The van der Waals surface area contributed by atoms with Crippen LogP contribution in [0, 0.1) is 0 Å². The Morgan fingerprint density at radius 1 is 1.29 bits per heavy atom. The maximum absolute atomic E-state index is 13.0. The summed E-state index contributed by atoms with van der Waals surface area (Å²) in [5, 5.41) is 0. The Morgan fingerprint density at radius 3 is 2.82 bits per heavy atom. The molecule has 2 aromatic heterocycles. The smallest absolute Gasteiger partial charge is 0.290 e. The van der Waals surface area contributed by atoms with Gasteiger partial charge in [0, 0.05) is 13.6 Å². The summed E-state index contributed by atoms with van der Waals surface area (Å²) < 4.78 is 32.4. The van der Waals surface area contributed by atoms with Gasteiger partial charge in [-0.15, -0.1) is 0 Å². The summed E-state index contributed by atoms with van der Waals surface area (Å²) >= 11 is 0. The zero-order chi connectivity index (χ0) is 19.9. The highest BCUT2D eigenvalue weighted by molar-refractivity contribution is 7.88. The Labute approximate surface area is 163 Å². The van der Waals surface area contributed by atoms with Gasteiger partial charge in [0.15, 0.2) is 5.76 Å². The van der Waals surface area contributed by atoms with Crippen LogP contribution in [0.15, 0.2) is 40.8 Å². The average molecular weight is 402 g/mol. The van der Waals surface area contributed by atoms with Crippen LogP contribution < -0.4 is 4.72 Å². The summed E-state index contributed by atoms with van der Waals surface area (Å²) in [7, 11) is -1.36. The maximum Gasteiger partial charge on any atom is 0.290 e. The number of sulfonamides is 1. The Balaban J connectivity index is 1.57. The molecule has 148 valence electrons. The van der Waals surface area contributed by atoms with Crippen molar-refractivity contribution in [3.63, 3.8) is 0 Å². The summed E-state index contributed by atoms with van der Waals surface area (Å²) in [4.78, 5) is 19.6. The standard InChI is InChI=1S/C19H22N4O4S/c1-22-15-7-4-3-6-14(15)21-18(22)16-8-5-11-23(16)19(24)17-10-9-13(27-17)12-20-28(2,25)26/h3-4,6-7,9-10,16,20H,5,8,11-12H2,1-2H3. The number of aromatic nitrogens is 2. The molecule has 1 aliphatic rings. The highest BCUT2D eigenvalue weighted by atomic mass is 32.2. The molecular weight excluding hydrogens is 380 g/mol. The Hall–Kier alpha value is -2.65. The molecule has 9 heteroatoms. The molecule has 0 bridgehead atoms. The van der Waals surface area contributed by atoms with Gasteiger partial charge >= 0.3 is 0 Å². The van der Waals surface area contributed by atoms with Crippen LogP contribution in [0.3, 0.4) is 0 Å². The molecule has 3 aromatic rings. The van der Waals surface area contributed by atoms with E-state index in [2.05, 4.69) is 4.72 Å². The number of amides is 1. The molecule has 1 amide bonds. The van der Waals surface area contributed by atoms with E-state index in [0.717, 1.165) is 36.0 Å². The van der Waals surface area contributed by atoms with Gasteiger partial charge in [0.05, 0.1) is 29.9 Å². The summed E-state index contributed by atoms with van der Waals surface area (Å²) in [6, 6.07) is 11.0. The number of hydrogen-bond donors (Lipinski definition) is 1. The third-order valence-corrected chi connectivity index (χ3v) is 5.68. The van der Waals surface area contributed by atoms with Gasteiger partial charge in [-0.3, -0.25) is 4.79 Å². The normalized spacial score (nSPS) is 17.5. The van der Waals surface area contributed by atoms with Crippen molar-refractivity contribution in [3.8, 4) is 0 Å². The zero-order valence-corrected chi connectivity index (χ0v) is 16.6. The lowest BCUT2D eigenvalue weighted by molar-refractivity contribution is 0.0694. The number of carbonyl (C=O) groups is 1. The Kier molecular flexibility index (Phi) is 4.72. The minimum Gasteiger partial charge on any atom is -0.455 e. The highest BCUT2D eigenvalue weighted by Crippen LogP contribution is 2.34. The van der Waals surface area contributed by atoms with Gasteiger partial charge in [0.2, 0.25) is 10.0 Å². The van der Waals surface area contributed by atoms with E-state index in [-0.39, 0.29) is 24.3 Å². The molecule has 1 N–H and O–H groups in total. The molecule has 0 saturated carbocycles. The van der Waals surface area contributed by atoms with Gasteiger partial charge in [-0.05, 0) is 37.1 Å². The fraction of sp³-hybridized carbons (Fsp3) is 0.368. The second-order valence-corrected chi connectivity index (χ2v) is 8.87. The lowest BCUT2D eigenvalue weighted by Crippen LogP contribution is -2.31. The molecular formula is C19H22N4O4S. The number of aryl methyl sites for hydroxylation is 1. The average Bonchev–Trinajstić information content (AvgIpc) is 3.38. The van der Waals surface area contributed by atoms with Crippen LogP contribution >= 0.6 is 0 Å². The molecule has 28 heavy (non-hydrogen) atoms. The van der Waals surface area contributed by atoms with Crippen LogP contribution in [0.5, 0.6) is 0 Å². The maximum atomic E-state index is 13.0. The van der Waals surface area contributed by atoms with Crippen LogP contribution in [0.25, 0.3) is 11.0 Å². The van der Waals surface area contributed by atoms with Crippen molar-refractivity contribution < 1.29 is 17.6 Å². The fourth-order valence-electron chi connectivity index (χ4n) is 3.67. The van der Waals surface area contributed by atoms with Crippen LogP contribution in [-0.2, 0) is 23.6 Å². The van der Waals surface area contributed by atoms with E-state index in [9.17, 15) is 13.2 Å². The number of benzene rings is 1. The Morgan fingerprint density at radius 2 is 2.07 bits per heavy atom. The van der Waals surface area contributed by atoms with Crippen molar-refractivity contribution in [2.24, 2.45) is 7.05 Å². The van der Waals surface area contributed by atoms with Crippen LogP contribution in [0.2, 0.25) is 0 Å². The van der Waals surface area contributed by atoms with Gasteiger partial charge < -0.3 is 13.9 Å². The third kappa shape index (κ3) is 3.55. The van der Waals surface area contributed by atoms with Crippen LogP contribution in [0.4, 0.5) is 0 Å². The first-order valence-corrected chi connectivity index (χ1v) is 11.0. The van der Waals surface area contributed by atoms with Crippen molar-refractivity contribution in [1.82, 2.24) is 19.2 Å². The molecule has 0 aliphatic carbocycles. The molecule has 0 spiro atoms. The summed E-state index contributed by atoms with van der Waals surface area (Å²) in [5.41, 5.74) is 1.94. The molecule has 1 aromatic carbocycles. The largest absolute Gasteiger partial charge is 0.455 e. The van der Waals surface area contributed by atoms with Crippen molar-refractivity contribution in [3.05, 3.63) is 53.7 Å². The molecule has 4 rings (SSSR count). The van der Waals surface area contributed by atoms with Crippen molar-refractivity contribution in [2.45, 2.75) is 25.4 Å². The molecule has 1 fully saturated rings. The SMILES string of the molecule is Cn1c(C2CCCN2C(=O)c2ccc(CNS(C)(=O)=O)o2)nc2ccccc21. The molecule has 3 heterocycles. The van der Waals surface area contributed by atoms with Gasteiger partial charge in [-0.2, -0.15) is 0 Å². The monoisotopic (exact) mass is 402 g/mol. The van der Waals surface area contributed by atoms with Crippen molar-refractivity contribution >= 4 is 27.0 Å². The van der Waals surface area contributed by atoms with Crippen molar-refractivity contribution in [1.29, 1.82) is 0 Å². The summed E-state index contributed by atoms with van der Waals surface area (Å²) in [5.74, 6) is 1.25. The second kappa shape index (κ2) is 7.06. The lowest BCUT2D eigenvalue weighted by Gasteiger charge is -2.23. The first-order chi connectivity index (χ1) is 13.3. The van der Waals surface area contributed by atoms with E-state index in [1.807, 2.05) is 35.9 Å². The van der Waals surface area contributed by atoms with Crippen molar-refractivity contribution in [2.75, 3.05) is 12.8 Å². The van der Waals surface area contributed by atoms with Gasteiger partial charge in [0.25, 0.3) is 5.91 Å². The molecule has 1 unspecified atom stereocenters. The number of imidazole rings is 1. The minimum absolute atomic E-state index is 0.0142. The van der Waals surface area contributed by atoms with E-state index in [1.165, 1.54) is 0 Å². The predicted octanol–water partition coefficient (Wildman–Crippen LogP) is 2.19. The van der Waals surface area contributed by atoms with Gasteiger partial charge in [0.1, 0.15) is 11.6 Å². The lowest BCUT2D eigenvalue weighted by atomic mass is 10.2. The zero-order valence-electron chi connectivity index (χ0n) is 15.8. The number of rotatable bonds is 5. The number of para-hydroxylation sites is 2. The predicted molar refractivity (Wildman–Crippen MR) is 104 cm³/mol. The fourth-order valence-corrected chi connectivity index (χ4v) is 4.08. The quantitative estimate of drug-likeness (QED) is 0.706. The molecule has 0 radical (unpaired) electrons. The number of carbonyl (C=O) groups excluding carboxylic acids is 1. The number of fused-ring (bicyclic) bond motifs is 1. The first-order valence-electron chi connectivity index (χ1n) is 9.09. The van der Waals surface area contributed by atoms with E-state index >= 15 is 0 Å². The van der Waals surface area contributed by atoms with Crippen LogP contribution in [0.1, 0.15) is 41.0 Å². The molecule has 8 nitrogen and oxygen atoms in total. The number of hydrogen-bond acceptors (Lipinski definition) is 5. The van der Waals surface area contributed by atoms with Gasteiger partial charge in [-0.1, -0.05) is 12.1 Å². The molecule has 1 saturated heterocycles. The minimum atomic E-state index is -3.33. The van der Waals surface area contributed by atoms with Gasteiger partial charge in [-0.25, -0.2) is 18.1 Å². The molecule has 1 aliphatic heterocycles. The summed E-state index contributed by atoms with van der Waals surface area (Å²) in [6.45, 7) is 0.643.